The summed E-state index contributed by atoms with van der Waals surface area (Å²) in [4.78, 5) is 0. The summed E-state index contributed by atoms with van der Waals surface area (Å²) in [6, 6.07) is 23.6. The van der Waals surface area contributed by atoms with E-state index in [-0.39, 0.29) is 5.75 Å². The minimum Gasteiger partial charge on any atom is -0.506 e. The third-order valence-electron chi connectivity index (χ3n) is 3.12. The minimum absolute atomic E-state index is 0.0831. The number of anilines is 1. The summed E-state index contributed by atoms with van der Waals surface area (Å²) in [5.74, 6) is 0.0831. The lowest BCUT2D eigenvalue weighted by Gasteiger charge is -2.00. The summed E-state index contributed by atoms with van der Waals surface area (Å²) in [6.45, 7) is 0. The maximum Gasteiger partial charge on any atom is 0.143 e. The highest BCUT2D eigenvalue weighted by atomic mass is 16.3. The lowest BCUT2D eigenvalue weighted by Crippen LogP contribution is -1.85. The van der Waals surface area contributed by atoms with Crippen molar-refractivity contribution in [1.82, 2.24) is 0 Å². The molecule has 3 aromatic rings. The van der Waals surface area contributed by atoms with E-state index >= 15 is 0 Å². The second-order valence-electron chi connectivity index (χ2n) is 4.88. The number of nitrogens with zero attached hydrogens (tertiary/aromatic N) is 4. The predicted octanol–water partition coefficient (Wildman–Crippen LogP) is 5.92. The molecule has 6 heteroatoms. The van der Waals surface area contributed by atoms with E-state index in [1.807, 2.05) is 54.6 Å². The average molecular weight is 317 g/mol. The lowest BCUT2D eigenvalue weighted by molar-refractivity contribution is 0.476. The summed E-state index contributed by atoms with van der Waals surface area (Å²) >= 11 is 0. The van der Waals surface area contributed by atoms with Crippen LogP contribution in [0.4, 0.5) is 22.7 Å². The van der Waals surface area contributed by atoms with E-state index in [1.165, 1.54) is 0 Å². The Morgan fingerprint density at radius 3 is 1.96 bits per heavy atom. The van der Waals surface area contributed by atoms with Crippen LogP contribution in [0.2, 0.25) is 0 Å². The van der Waals surface area contributed by atoms with Gasteiger partial charge in [-0.15, -0.1) is 5.11 Å². The van der Waals surface area contributed by atoms with Crippen LogP contribution in [0, 0.1) is 0 Å². The molecule has 0 heterocycles. The third kappa shape index (κ3) is 4.23. The fourth-order valence-corrected chi connectivity index (χ4v) is 1.90. The number of hydrogen-bond donors (Lipinski definition) is 2. The summed E-state index contributed by atoms with van der Waals surface area (Å²) < 4.78 is 0. The molecule has 24 heavy (non-hydrogen) atoms. The number of azo groups is 1. The number of para-hydroxylation sites is 1. The molecule has 118 valence electrons. The van der Waals surface area contributed by atoms with Gasteiger partial charge in [-0.25, -0.2) is 0 Å². The SMILES string of the molecule is Oc1ccccc1N=NNc1ccc(N=Nc2ccccc2)cc1. The number of hydrogen-bond acceptors (Lipinski definition) is 5. The molecule has 0 saturated heterocycles. The van der Waals surface area contributed by atoms with E-state index in [1.54, 1.807) is 24.3 Å². The summed E-state index contributed by atoms with van der Waals surface area (Å²) in [5.41, 5.74) is 5.49. The van der Waals surface area contributed by atoms with Gasteiger partial charge in [0.05, 0.1) is 17.1 Å². The third-order valence-corrected chi connectivity index (χ3v) is 3.12. The molecule has 0 radical (unpaired) electrons. The van der Waals surface area contributed by atoms with E-state index in [0.29, 0.717) is 5.69 Å². The molecule has 0 spiro atoms. The molecule has 3 aromatic carbocycles. The molecule has 0 unspecified atom stereocenters. The van der Waals surface area contributed by atoms with Gasteiger partial charge in [-0.1, -0.05) is 35.6 Å². The van der Waals surface area contributed by atoms with Crippen LogP contribution in [0.25, 0.3) is 0 Å². The zero-order chi connectivity index (χ0) is 16.6. The molecule has 0 amide bonds. The van der Waals surface area contributed by atoms with Crippen LogP contribution < -0.4 is 5.43 Å². The summed E-state index contributed by atoms with van der Waals surface area (Å²) in [5, 5.41) is 25.7. The number of aromatic hydroxyl groups is 1. The maximum absolute atomic E-state index is 9.59. The molecule has 0 saturated carbocycles. The monoisotopic (exact) mass is 317 g/mol. The van der Waals surface area contributed by atoms with E-state index in [4.69, 9.17) is 0 Å². The Hall–Kier alpha value is -3.54. The normalized spacial score (nSPS) is 11.2. The minimum atomic E-state index is 0.0831. The molecule has 3 rings (SSSR count). The smallest absolute Gasteiger partial charge is 0.143 e. The van der Waals surface area contributed by atoms with Crippen molar-refractivity contribution < 1.29 is 5.11 Å². The van der Waals surface area contributed by atoms with Gasteiger partial charge in [0.1, 0.15) is 11.4 Å². The number of phenols is 1. The molecule has 0 aliphatic rings. The van der Waals surface area contributed by atoms with Gasteiger partial charge in [0.15, 0.2) is 0 Å². The zero-order valence-corrected chi connectivity index (χ0v) is 12.7. The van der Waals surface area contributed by atoms with E-state index in [2.05, 4.69) is 26.0 Å². The number of rotatable bonds is 5. The highest BCUT2D eigenvalue weighted by Gasteiger charge is 1.96. The Balaban J connectivity index is 1.61. The Morgan fingerprint density at radius 2 is 1.25 bits per heavy atom. The van der Waals surface area contributed by atoms with E-state index in [0.717, 1.165) is 17.1 Å². The van der Waals surface area contributed by atoms with Gasteiger partial charge >= 0.3 is 0 Å². The van der Waals surface area contributed by atoms with Crippen LogP contribution in [0.3, 0.4) is 0 Å². The Bertz CT molecular complexity index is 845. The van der Waals surface area contributed by atoms with E-state index in [9.17, 15) is 5.11 Å². The molecular formula is C18H15N5O. The number of benzene rings is 3. The van der Waals surface area contributed by atoms with Crippen molar-refractivity contribution in [2.24, 2.45) is 20.6 Å². The van der Waals surface area contributed by atoms with Crippen LogP contribution in [0.5, 0.6) is 5.75 Å². The fraction of sp³-hybridized carbons (Fsp3) is 0. The van der Waals surface area contributed by atoms with Crippen molar-refractivity contribution in [2.45, 2.75) is 0 Å². The largest absolute Gasteiger partial charge is 0.506 e. The van der Waals surface area contributed by atoms with Crippen molar-refractivity contribution >= 4 is 22.7 Å². The summed E-state index contributed by atoms with van der Waals surface area (Å²) in [6.07, 6.45) is 0. The lowest BCUT2D eigenvalue weighted by atomic mass is 10.3. The van der Waals surface area contributed by atoms with Gasteiger partial charge in [-0.3, -0.25) is 5.43 Å². The van der Waals surface area contributed by atoms with Crippen molar-refractivity contribution in [3.63, 3.8) is 0 Å². The maximum atomic E-state index is 9.59. The molecule has 0 fully saturated rings. The Kier molecular flexibility index (Phi) is 4.89. The second kappa shape index (κ2) is 7.64. The van der Waals surface area contributed by atoms with Gasteiger partial charge in [0, 0.05) is 0 Å². The number of nitrogens with one attached hydrogen (secondary N) is 1. The molecule has 6 nitrogen and oxygen atoms in total. The van der Waals surface area contributed by atoms with Crippen molar-refractivity contribution in [2.75, 3.05) is 5.43 Å². The highest BCUT2D eigenvalue weighted by Crippen LogP contribution is 2.25. The molecule has 0 aromatic heterocycles. The predicted molar refractivity (Wildman–Crippen MR) is 93.3 cm³/mol. The molecule has 2 N–H and O–H groups in total. The topological polar surface area (TPSA) is 81.7 Å². The van der Waals surface area contributed by atoms with Crippen LogP contribution in [0.15, 0.2) is 99.4 Å². The van der Waals surface area contributed by atoms with Gasteiger partial charge < -0.3 is 5.11 Å². The first-order valence-electron chi connectivity index (χ1n) is 7.33. The first-order chi connectivity index (χ1) is 11.8. The van der Waals surface area contributed by atoms with Gasteiger partial charge in [-0.05, 0) is 48.5 Å². The van der Waals surface area contributed by atoms with Gasteiger partial charge in [0.25, 0.3) is 0 Å². The van der Waals surface area contributed by atoms with Crippen molar-refractivity contribution in [3.8, 4) is 5.75 Å². The number of phenolic OH excluding ortho intramolecular Hbond substituents is 1. The molecule has 0 atom stereocenters. The van der Waals surface area contributed by atoms with Crippen molar-refractivity contribution in [1.29, 1.82) is 0 Å². The van der Waals surface area contributed by atoms with Crippen molar-refractivity contribution in [3.05, 3.63) is 78.9 Å². The van der Waals surface area contributed by atoms with Gasteiger partial charge in [0.2, 0.25) is 0 Å². The Morgan fingerprint density at radius 1 is 0.625 bits per heavy atom. The molecule has 0 aliphatic carbocycles. The first-order valence-corrected chi connectivity index (χ1v) is 7.33. The van der Waals surface area contributed by atoms with Crippen LogP contribution in [-0.2, 0) is 0 Å². The standard InChI is InChI=1S/C18H15N5O/c24-18-9-5-4-8-17(18)22-23-21-16-12-10-15(11-13-16)20-19-14-6-2-1-3-7-14/h1-13,24H,(H,21,22). The second-order valence-corrected chi connectivity index (χ2v) is 4.88. The van der Waals surface area contributed by atoms with Crippen LogP contribution >= 0.6 is 0 Å². The average Bonchev–Trinajstić information content (AvgIpc) is 2.63. The molecular weight excluding hydrogens is 302 g/mol. The molecule has 0 bridgehead atoms. The Labute approximate surface area is 139 Å². The first kappa shape index (κ1) is 15.4. The van der Waals surface area contributed by atoms with E-state index < -0.39 is 0 Å². The van der Waals surface area contributed by atoms with Crippen LogP contribution in [-0.4, -0.2) is 5.11 Å². The van der Waals surface area contributed by atoms with Crippen LogP contribution in [0.1, 0.15) is 0 Å². The fourth-order valence-electron chi connectivity index (χ4n) is 1.90. The highest BCUT2D eigenvalue weighted by molar-refractivity contribution is 5.52. The molecule has 0 aliphatic heterocycles. The summed E-state index contributed by atoms with van der Waals surface area (Å²) in [7, 11) is 0. The van der Waals surface area contributed by atoms with Gasteiger partial charge in [-0.2, -0.15) is 10.2 Å². The quantitative estimate of drug-likeness (QED) is 0.452. The zero-order valence-electron chi connectivity index (χ0n) is 12.7.